The van der Waals surface area contributed by atoms with Crippen LogP contribution < -0.4 is 5.32 Å². The first-order chi connectivity index (χ1) is 4.83. The van der Waals surface area contributed by atoms with Crippen LogP contribution >= 0.6 is 0 Å². The molecule has 0 aromatic carbocycles. The number of rotatable bonds is 4. The number of hydrogen-bond acceptors (Lipinski definition) is 3. The summed E-state index contributed by atoms with van der Waals surface area (Å²) < 4.78 is 3.92. The van der Waals surface area contributed by atoms with Crippen LogP contribution in [0.25, 0.3) is 0 Å². The quantitative estimate of drug-likeness (QED) is 0.451. The Morgan fingerprint density at radius 3 is 1.90 bits per heavy atom. The van der Waals surface area contributed by atoms with Crippen LogP contribution in [0.3, 0.4) is 0 Å². The molecule has 0 saturated carbocycles. The van der Waals surface area contributed by atoms with E-state index < -0.39 is 0 Å². The molecule has 0 radical (unpaired) electrons. The molecular formula is C6H9NO3. The number of hydrogen-bond donors (Lipinski definition) is 1. The molecule has 0 heterocycles. The van der Waals surface area contributed by atoms with E-state index in [9.17, 15) is 4.79 Å². The van der Waals surface area contributed by atoms with Gasteiger partial charge in [0.05, 0.1) is 6.26 Å². The summed E-state index contributed by atoms with van der Waals surface area (Å²) in [7, 11) is 0. The van der Waals surface area contributed by atoms with Gasteiger partial charge in [-0.25, -0.2) is 0 Å². The molecule has 0 unspecified atom stereocenters. The van der Waals surface area contributed by atoms with E-state index in [-0.39, 0.29) is 0 Å². The van der Waals surface area contributed by atoms with Crippen LogP contribution in [0.1, 0.15) is 0 Å². The third-order valence-electron chi connectivity index (χ3n) is 0.338. The molecule has 0 spiro atoms. The Bertz CT molecular complexity index is 85.6. The summed E-state index contributed by atoms with van der Waals surface area (Å²) in [5.74, 6) is 0. The van der Waals surface area contributed by atoms with Gasteiger partial charge in [-0.1, -0.05) is 13.2 Å². The van der Waals surface area contributed by atoms with Crippen molar-refractivity contribution in [2.24, 2.45) is 0 Å². The minimum absolute atomic E-state index is 0.312. The van der Waals surface area contributed by atoms with Crippen molar-refractivity contribution in [3.8, 4) is 0 Å². The van der Waals surface area contributed by atoms with Crippen molar-refractivity contribution < 1.29 is 14.3 Å². The van der Waals surface area contributed by atoms with E-state index in [1.54, 1.807) is 0 Å². The summed E-state index contributed by atoms with van der Waals surface area (Å²) in [5, 5.41) is 2.19. The van der Waals surface area contributed by atoms with Gasteiger partial charge >= 0.3 is 0 Å². The molecule has 0 atom stereocenters. The summed E-state index contributed by atoms with van der Waals surface area (Å²) >= 11 is 0. The third kappa shape index (κ3) is 32.2. The highest BCUT2D eigenvalue weighted by Crippen LogP contribution is 1.55. The largest absolute Gasteiger partial charge is 0.437 e. The number of carbonyl (C=O) groups excluding carboxylic acids is 2. The summed E-state index contributed by atoms with van der Waals surface area (Å²) in [6, 6.07) is 0. The molecule has 0 aromatic rings. The zero-order chi connectivity index (χ0) is 8.24. The van der Waals surface area contributed by atoms with Gasteiger partial charge in [0.2, 0.25) is 6.41 Å². The van der Waals surface area contributed by atoms with E-state index in [1.807, 2.05) is 0 Å². The van der Waals surface area contributed by atoms with Gasteiger partial charge in [-0.3, -0.25) is 9.59 Å². The van der Waals surface area contributed by atoms with Crippen LogP contribution in [0.5, 0.6) is 0 Å². The van der Waals surface area contributed by atoms with Crippen LogP contribution in [0.4, 0.5) is 0 Å². The van der Waals surface area contributed by atoms with Crippen LogP contribution in [0, 0.1) is 0 Å². The van der Waals surface area contributed by atoms with E-state index in [2.05, 4.69) is 23.2 Å². The number of nitrogens with one attached hydrogen (secondary N) is 1. The molecule has 0 fully saturated rings. The zero-order valence-electron chi connectivity index (χ0n) is 5.45. The van der Waals surface area contributed by atoms with Crippen molar-refractivity contribution in [1.82, 2.24) is 5.32 Å². The van der Waals surface area contributed by atoms with Crippen molar-refractivity contribution in [3.05, 3.63) is 25.6 Å². The molecule has 0 aromatic heterocycles. The monoisotopic (exact) mass is 143 g/mol. The first-order valence-electron chi connectivity index (χ1n) is 2.34. The van der Waals surface area contributed by atoms with Gasteiger partial charge in [-0.15, -0.1) is 0 Å². The fourth-order valence-electron chi connectivity index (χ4n) is 0.0874. The minimum Gasteiger partial charge on any atom is -0.437 e. The molecule has 0 bridgehead atoms. The van der Waals surface area contributed by atoms with Crippen LogP contribution in [-0.4, -0.2) is 12.9 Å². The maximum absolute atomic E-state index is 9.22. The Labute approximate surface area is 59.2 Å². The molecule has 0 aliphatic carbocycles. The van der Waals surface area contributed by atoms with Gasteiger partial charge in [-0.2, -0.15) is 0 Å². The van der Waals surface area contributed by atoms with Crippen LogP contribution in [0.2, 0.25) is 0 Å². The fourth-order valence-corrected chi connectivity index (χ4v) is 0.0874. The lowest BCUT2D eigenvalue weighted by Crippen LogP contribution is -1.96. The molecule has 1 N–H and O–H groups in total. The van der Waals surface area contributed by atoms with Crippen molar-refractivity contribution >= 4 is 12.9 Å². The second-order valence-corrected chi connectivity index (χ2v) is 0.888. The maximum atomic E-state index is 9.22. The Hall–Kier alpha value is -1.58. The first-order valence-corrected chi connectivity index (χ1v) is 2.34. The number of amides is 1. The summed E-state index contributed by atoms with van der Waals surface area (Å²) in [4.78, 5) is 18.3. The van der Waals surface area contributed by atoms with Gasteiger partial charge in [0.1, 0.15) is 0 Å². The number of carbonyl (C=O) groups is 2. The Balaban J connectivity index is 0. The van der Waals surface area contributed by atoms with Gasteiger partial charge in [0.25, 0.3) is 6.47 Å². The molecule has 0 aliphatic rings. The molecule has 0 aliphatic heterocycles. The molecule has 4 nitrogen and oxygen atoms in total. The molecule has 10 heavy (non-hydrogen) atoms. The highest BCUT2D eigenvalue weighted by Gasteiger charge is 1.52. The molecule has 0 saturated heterocycles. The first kappa shape index (κ1) is 11.2. The molecule has 56 valence electrons. The molecule has 4 heteroatoms. The number of ether oxygens (including phenoxy) is 1. The van der Waals surface area contributed by atoms with E-state index >= 15 is 0 Å². The van der Waals surface area contributed by atoms with Crippen LogP contribution in [0.15, 0.2) is 25.6 Å². The Morgan fingerprint density at radius 1 is 1.30 bits per heavy atom. The van der Waals surface area contributed by atoms with Crippen molar-refractivity contribution in [2.45, 2.75) is 0 Å². The van der Waals surface area contributed by atoms with Crippen molar-refractivity contribution in [3.63, 3.8) is 0 Å². The average Bonchev–Trinajstić information content (AvgIpc) is 1.93. The average molecular weight is 143 g/mol. The van der Waals surface area contributed by atoms with E-state index in [1.165, 1.54) is 6.20 Å². The predicted molar refractivity (Wildman–Crippen MR) is 36.7 cm³/mol. The highest BCUT2D eigenvalue weighted by atomic mass is 16.5. The topological polar surface area (TPSA) is 55.4 Å². The molecule has 1 amide bonds. The molecule has 0 rings (SSSR count). The Morgan fingerprint density at radius 2 is 1.90 bits per heavy atom. The predicted octanol–water partition coefficient (Wildman–Crippen LogP) is 0.179. The second-order valence-electron chi connectivity index (χ2n) is 0.888. The highest BCUT2D eigenvalue weighted by molar-refractivity contribution is 5.47. The van der Waals surface area contributed by atoms with E-state index in [0.29, 0.717) is 12.9 Å². The Kier molecular flexibility index (Phi) is 17.6. The lowest BCUT2D eigenvalue weighted by molar-refractivity contribution is -0.123. The third-order valence-corrected chi connectivity index (χ3v) is 0.338. The summed E-state index contributed by atoms with van der Waals surface area (Å²) in [6.07, 6.45) is 2.94. The van der Waals surface area contributed by atoms with Crippen molar-refractivity contribution in [1.29, 1.82) is 0 Å². The normalized spacial score (nSPS) is 5.60. The standard InChI is InChI=1S/C3H5NO.C3H4O2/c1-2-4-3-5;1-2-5-3-4/h2-3H,1H2,(H,4,5);2-3H,1H2. The fraction of sp³-hybridized carbons (Fsp3) is 0. The summed E-state index contributed by atoms with van der Waals surface area (Å²) in [6.45, 7) is 6.62. The van der Waals surface area contributed by atoms with E-state index in [0.717, 1.165) is 6.26 Å². The lowest BCUT2D eigenvalue weighted by atomic mass is 11.0. The van der Waals surface area contributed by atoms with Crippen LogP contribution in [-0.2, 0) is 14.3 Å². The van der Waals surface area contributed by atoms with Gasteiger partial charge < -0.3 is 10.1 Å². The second kappa shape index (κ2) is 15.7. The van der Waals surface area contributed by atoms with Gasteiger partial charge in [0, 0.05) is 0 Å². The lowest BCUT2D eigenvalue weighted by Gasteiger charge is -1.71. The SMILES string of the molecule is C=CNC=O.C=COC=O. The van der Waals surface area contributed by atoms with E-state index in [4.69, 9.17) is 4.79 Å². The van der Waals surface area contributed by atoms with Crippen molar-refractivity contribution in [2.75, 3.05) is 0 Å². The maximum Gasteiger partial charge on any atom is 0.297 e. The summed E-state index contributed by atoms with van der Waals surface area (Å²) in [5.41, 5.74) is 0. The smallest absolute Gasteiger partial charge is 0.297 e. The van der Waals surface area contributed by atoms with Gasteiger partial charge in [0.15, 0.2) is 0 Å². The zero-order valence-corrected chi connectivity index (χ0v) is 5.45. The van der Waals surface area contributed by atoms with Gasteiger partial charge in [-0.05, 0) is 6.20 Å². The minimum atomic E-state index is 0.312. The molecular weight excluding hydrogens is 134 g/mol.